The fraction of sp³-hybridized carbons (Fsp3) is 0.682. The van der Waals surface area contributed by atoms with E-state index in [9.17, 15) is 4.39 Å². The average Bonchev–Trinajstić information content (AvgIpc) is 3.34. The Balaban J connectivity index is 1.41. The standard InChI is InChI=1S/C22H33FN4O3/c1-24-22(27-10-14-30-21(16-27)20-3-2-11-29-20)25-15-19(26-8-12-28-13-9-26)17-4-6-18(23)7-5-17/h4-7,19-21H,2-3,8-16H2,1H3,(H,24,25). The zero-order valence-corrected chi connectivity index (χ0v) is 17.8. The third kappa shape index (κ3) is 5.29. The number of halogens is 1. The van der Waals surface area contributed by atoms with E-state index in [0.717, 1.165) is 70.4 Å². The van der Waals surface area contributed by atoms with Gasteiger partial charge in [-0.25, -0.2) is 4.39 Å². The molecular formula is C22H33FN4O3. The topological polar surface area (TPSA) is 58.6 Å². The highest BCUT2D eigenvalue weighted by Crippen LogP contribution is 2.23. The molecule has 3 unspecified atom stereocenters. The second kappa shape index (κ2) is 10.5. The Bertz CT molecular complexity index is 690. The van der Waals surface area contributed by atoms with Crippen molar-refractivity contribution >= 4 is 5.96 Å². The Hall–Kier alpha value is -1.74. The van der Waals surface area contributed by atoms with Crippen LogP contribution in [0.5, 0.6) is 0 Å². The van der Waals surface area contributed by atoms with Crippen LogP contribution < -0.4 is 5.32 Å². The molecule has 0 aliphatic carbocycles. The first-order chi connectivity index (χ1) is 14.7. The smallest absolute Gasteiger partial charge is 0.193 e. The number of benzene rings is 1. The highest BCUT2D eigenvalue weighted by molar-refractivity contribution is 5.80. The molecule has 3 saturated heterocycles. The summed E-state index contributed by atoms with van der Waals surface area (Å²) in [7, 11) is 1.82. The van der Waals surface area contributed by atoms with Crippen molar-refractivity contribution in [2.24, 2.45) is 4.99 Å². The quantitative estimate of drug-likeness (QED) is 0.578. The maximum Gasteiger partial charge on any atom is 0.193 e. The minimum atomic E-state index is -0.211. The number of aliphatic imine (C=N–C) groups is 1. The predicted octanol–water partition coefficient (Wildman–Crippen LogP) is 1.65. The van der Waals surface area contributed by atoms with Crippen LogP contribution in [-0.2, 0) is 14.2 Å². The summed E-state index contributed by atoms with van der Waals surface area (Å²) in [5.41, 5.74) is 1.10. The Morgan fingerprint density at radius 2 is 1.87 bits per heavy atom. The number of nitrogens with one attached hydrogen (secondary N) is 1. The largest absolute Gasteiger partial charge is 0.379 e. The van der Waals surface area contributed by atoms with Gasteiger partial charge in [-0.05, 0) is 30.5 Å². The molecule has 8 heteroatoms. The van der Waals surface area contributed by atoms with E-state index in [-0.39, 0.29) is 24.1 Å². The molecular weight excluding hydrogens is 387 g/mol. The summed E-state index contributed by atoms with van der Waals surface area (Å²) in [6.45, 7) is 6.96. The molecule has 166 valence electrons. The highest BCUT2D eigenvalue weighted by atomic mass is 19.1. The van der Waals surface area contributed by atoms with Gasteiger partial charge in [0.15, 0.2) is 5.96 Å². The second-order valence-electron chi connectivity index (χ2n) is 8.05. The van der Waals surface area contributed by atoms with Gasteiger partial charge in [0, 0.05) is 46.4 Å². The van der Waals surface area contributed by atoms with Crippen molar-refractivity contribution in [3.05, 3.63) is 35.6 Å². The normalized spacial score (nSPS) is 27.3. The van der Waals surface area contributed by atoms with E-state index in [4.69, 9.17) is 14.2 Å². The van der Waals surface area contributed by atoms with Crippen molar-refractivity contribution in [2.45, 2.75) is 31.1 Å². The van der Waals surface area contributed by atoms with Crippen molar-refractivity contribution in [1.82, 2.24) is 15.1 Å². The lowest BCUT2D eigenvalue weighted by Gasteiger charge is -2.39. The molecule has 4 rings (SSSR count). The number of morpholine rings is 2. The maximum atomic E-state index is 13.5. The summed E-state index contributed by atoms with van der Waals surface area (Å²) in [6.07, 6.45) is 2.45. The van der Waals surface area contributed by atoms with E-state index in [1.165, 1.54) is 12.1 Å². The Morgan fingerprint density at radius 1 is 1.10 bits per heavy atom. The number of rotatable bonds is 5. The van der Waals surface area contributed by atoms with Crippen LogP contribution in [0.4, 0.5) is 4.39 Å². The fourth-order valence-corrected chi connectivity index (χ4v) is 4.54. The van der Waals surface area contributed by atoms with Crippen LogP contribution in [0.2, 0.25) is 0 Å². The van der Waals surface area contributed by atoms with Crippen LogP contribution in [0.15, 0.2) is 29.3 Å². The SMILES string of the molecule is CN=C(NCC(c1ccc(F)cc1)N1CCOCC1)N1CCOC(C2CCCO2)C1. The summed E-state index contributed by atoms with van der Waals surface area (Å²) >= 11 is 0. The first kappa shape index (κ1) is 21.5. The first-order valence-corrected chi connectivity index (χ1v) is 11.0. The molecule has 0 saturated carbocycles. The van der Waals surface area contributed by atoms with Crippen LogP contribution >= 0.6 is 0 Å². The fourth-order valence-electron chi connectivity index (χ4n) is 4.54. The molecule has 3 heterocycles. The van der Waals surface area contributed by atoms with Crippen molar-refractivity contribution in [3.63, 3.8) is 0 Å². The van der Waals surface area contributed by atoms with Crippen LogP contribution in [0.3, 0.4) is 0 Å². The summed E-state index contributed by atoms with van der Waals surface area (Å²) < 4.78 is 30.8. The van der Waals surface area contributed by atoms with Crippen molar-refractivity contribution in [3.8, 4) is 0 Å². The second-order valence-corrected chi connectivity index (χ2v) is 8.05. The Labute approximate surface area is 178 Å². The Kier molecular flexibility index (Phi) is 7.54. The van der Waals surface area contributed by atoms with E-state index < -0.39 is 0 Å². The minimum absolute atomic E-state index is 0.0898. The summed E-state index contributed by atoms with van der Waals surface area (Å²) in [6, 6.07) is 6.95. The van der Waals surface area contributed by atoms with Gasteiger partial charge in [0.25, 0.3) is 0 Å². The molecule has 0 bridgehead atoms. The third-order valence-electron chi connectivity index (χ3n) is 6.18. The van der Waals surface area contributed by atoms with E-state index in [2.05, 4.69) is 20.1 Å². The van der Waals surface area contributed by atoms with Crippen molar-refractivity contribution in [2.75, 3.05) is 66.2 Å². The molecule has 1 aromatic rings. The number of hydrogen-bond donors (Lipinski definition) is 1. The molecule has 7 nitrogen and oxygen atoms in total. The highest BCUT2D eigenvalue weighted by Gasteiger charge is 2.32. The third-order valence-corrected chi connectivity index (χ3v) is 6.18. The first-order valence-electron chi connectivity index (χ1n) is 11.0. The lowest BCUT2D eigenvalue weighted by molar-refractivity contribution is -0.0817. The van der Waals surface area contributed by atoms with Crippen LogP contribution in [0.25, 0.3) is 0 Å². The molecule has 3 aliphatic heterocycles. The van der Waals surface area contributed by atoms with E-state index in [1.807, 2.05) is 19.2 Å². The summed E-state index contributed by atoms with van der Waals surface area (Å²) in [4.78, 5) is 9.18. The van der Waals surface area contributed by atoms with E-state index in [0.29, 0.717) is 13.2 Å². The van der Waals surface area contributed by atoms with Crippen LogP contribution in [0.1, 0.15) is 24.4 Å². The number of guanidine groups is 1. The van der Waals surface area contributed by atoms with Crippen molar-refractivity contribution in [1.29, 1.82) is 0 Å². The average molecular weight is 421 g/mol. The molecule has 1 aromatic carbocycles. The lowest BCUT2D eigenvalue weighted by Crippen LogP contribution is -2.54. The molecule has 3 atom stereocenters. The lowest BCUT2D eigenvalue weighted by atomic mass is 10.0. The molecule has 0 radical (unpaired) electrons. The molecule has 3 aliphatic rings. The zero-order chi connectivity index (χ0) is 20.8. The van der Waals surface area contributed by atoms with E-state index >= 15 is 0 Å². The molecule has 30 heavy (non-hydrogen) atoms. The van der Waals surface area contributed by atoms with Crippen LogP contribution in [-0.4, -0.2) is 94.2 Å². The summed E-state index contributed by atoms with van der Waals surface area (Å²) in [5, 5.41) is 3.56. The number of nitrogens with zero attached hydrogens (tertiary/aromatic N) is 3. The molecule has 0 aromatic heterocycles. The molecule has 0 spiro atoms. The minimum Gasteiger partial charge on any atom is -0.379 e. The van der Waals surface area contributed by atoms with Gasteiger partial charge in [-0.3, -0.25) is 9.89 Å². The van der Waals surface area contributed by atoms with Gasteiger partial charge in [0.2, 0.25) is 0 Å². The monoisotopic (exact) mass is 420 g/mol. The summed E-state index contributed by atoms with van der Waals surface area (Å²) in [5.74, 6) is 0.665. The van der Waals surface area contributed by atoms with Crippen LogP contribution in [0, 0.1) is 5.82 Å². The van der Waals surface area contributed by atoms with Crippen molar-refractivity contribution < 1.29 is 18.6 Å². The van der Waals surface area contributed by atoms with Gasteiger partial charge in [0.1, 0.15) is 11.9 Å². The number of ether oxygens (including phenoxy) is 3. The van der Waals surface area contributed by atoms with Gasteiger partial charge in [-0.15, -0.1) is 0 Å². The zero-order valence-electron chi connectivity index (χ0n) is 17.8. The van der Waals surface area contributed by atoms with Gasteiger partial charge >= 0.3 is 0 Å². The van der Waals surface area contributed by atoms with Gasteiger partial charge in [-0.2, -0.15) is 0 Å². The Morgan fingerprint density at radius 3 is 2.57 bits per heavy atom. The molecule has 3 fully saturated rings. The predicted molar refractivity (Wildman–Crippen MR) is 113 cm³/mol. The maximum absolute atomic E-state index is 13.5. The molecule has 0 amide bonds. The number of hydrogen-bond acceptors (Lipinski definition) is 5. The molecule has 1 N–H and O–H groups in total. The van der Waals surface area contributed by atoms with Gasteiger partial charge < -0.3 is 24.4 Å². The van der Waals surface area contributed by atoms with Gasteiger partial charge in [-0.1, -0.05) is 12.1 Å². The van der Waals surface area contributed by atoms with E-state index in [1.54, 1.807) is 0 Å². The van der Waals surface area contributed by atoms with Gasteiger partial charge in [0.05, 0.1) is 32.0 Å².